The average Bonchev–Trinajstić information content (AvgIpc) is 2.61. The fourth-order valence-corrected chi connectivity index (χ4v) is 2.30. The van der Waals surface area contributed by atoms with E-state index < -0.39 is 6.10 Å². The molecule has 5 heteroatoms. The van der Waals surface area contributed by atoms with Crippen LogP contribution in [0.15, 0.2) is 42.5 Å². The van der Waals surface area contributed by atoms with Gasteiger partial charge in [0.2, 0.25) is 0 Å². The molecule has 0 aliphatic heterocycles. The number of carbonyl (C=O) groups excluding carboxylic acids is 1. The van der Waals surface area contributed by atoms with Gasteiger partial charge >= 0.3 is 0 Å². The molecule has 0 radical (unpaired) electrons. The highest BCUT2D eigenvalue weighted by Gasteiger charge is 2.18. The maximum Gasteiger partial charge on any atom is 0.265 e. The van der Waals surface area contributed by atoms with Crippen LogP contribution >= 0.6 is 0 Å². The van der Waals surface area contributed by atoms with E-state index in [-0.39, 0.29) is 5.91 Å². The number of carbonyl (C=O) groups is 1. The molecule has 0 bridgehead atoms. The molecule has 0 heterocycles. The van der Waals surface area contributed by atoms with Gasteiger partial charge in [0.05, 0.1) is 19.9 Å². The fourth-order valence-electron chi connectivity index (χ4n) is 2.30. The minimum atomic E-state index is -0.645. The van der Waals surface area contributed by atoms with Gasteiger partial charge in [0.15, 0.2) is 6.10 Å². The Morgan fingerprint density at radius 3 is 2.50 bits per heavy atom. The number of methoxy groups -OCH3 is 2. The van der Waals surface area contributed by atoms with Crippen molar-refractivity contribution in [2.75, 3.05) is 19.5 Å². The molecule has 24 heavy (non-hydrogen) atoms. The number of anilines is 1. The number of rotatable bonds is 7. The maximum atomic E-state index is 12.5. The van der Waals surface area contributed by atoms with Gasteiger partial charge < -0.3 is 19.5 Å². The summed E-state index contributed by atoms with van der Waals surface area (Å²) in [5, 5.41) is 2.82. The SMILES string of the molecule is CCc1ccccc1O[C@H](C)C(=O)Nc1cc(OC)ccc1OC. The lowest BCUT2D eigenvalue weighted by Crippen LogP contribution is -2.30. The Hall–Kier alpha value is -2.69. The maximum absolute atomic E-state index is 12.5. The number of benzene rings is 2. The fraction of sp³-hybridized carbons (Fsp3) is 0.316. The number of ether oxygens (including phenoxy) is 3. The molecule has 1 atom stereocenters. The van der Waals surface area contributed by atoms with Crippen LogP contribution in [-0.4, -0.2) is 26.2 Å². The Bertz CT molecular complexity index is 700. The van der Waals surface area contributed by atoms with Gasteiger partial charge in [-0.2, -0.15) is 0 Å². The van der Waals surface area contributed by atoms with Crippen LogP contribution in [0.4, 0.5) is 5.69 Å². The van der Waals surface area contributed by atoms with E-state index in [4.69, 9.17) is 14.2 Å². The summed E-state index contributed by atoms with van der Waals surface area (Å²) in [5.74, 6) is 1.66. The Balaban J connectivity index is 2.11. The second-order valence-electron chi connectivity index (χ2n) is 5.28. The molecule has 0 aliphatic rings. The quantitative estimate of drug-likeness (QED) is 0.842. The van der Waals surface area contributed by atoms with E-state index >= 15 is 0 Å². The molecule has 2 aromatic carbocycles. The molecule has 0 aliphatic carbocycles. The lowest BCUT2D eigenvalue weighted by atomic mass is 10.1. The zero-order valence-electron chi connectivity index (χ0n) is 14.5. The Labute approximate surface area is 142 Å². The molecule has 0 saturated heterocycles. The highest BCUT2D eigenvalue weighted by Crippen LogP contribution is 2.29. The molecule has 128 valence electrons. The first-order valence-electron chi connectivity index (χ1n) is 7.86. The first-order valence-corrected chi connectivity index (χ1v) is 7.86. The predicted octanol–water partition coefficient (Wildman–Crippen LogP) is 3.67. The molecule has 5 nitrogen and oxygen atoms in total. The van der Waals surface area contributed by atoms with Crippen molar-refractivity contribution in [1.82, 2.24) is 0 Å². The van der Waals surface area contributed by atoms with Gasteiger partial charge in [0, 0.05) is 6.07 Å². The number of nitrogens with one attached hydrogen (secondary N) is 1. The summed E-state index contributed by atoms with van der Waals surface area (Å²) in [6, 6.07) is 12.9. The molecule has 2 rings (SSSR count). The molecule has 0 fully saturated rings. The average molecular weight is 329 g/mol. The van der Waals surface area contributed by atoms with E-state index in [1.165, 1.54) is 0 Å². The largest absolute Gasteiger partial charge is 0.497 e. The second kappa shape index (κ2) is 8.24. The van der Waals surface area contributed by atoms with Crippen LogP contribution in [-0.2, 0) is 11.2 Å². The molecular weight excluding hydrogens is 306 g/mol. The van der Waals surface area contributed by atoms with E-state index in [0.29, 0.717) is 17.2 Å². The number of aryl methyl sites for hydroxylation is 1. The molecule has 0 spiro atoms. The smallest absolute Gasteiger partial charge is 0.265 e. The predicted molar refractivity (Wildman–Crippen MR) is 94.1 cm³/mol. The van der Waals surface area contributed by atoms with Crippen molar-refractivity contribution in [3.8, 4) is 17.2 Å². The summed E-state index contributed by atoms with van der Waals surface area (Å²) in [5.41, 5.74) is 1.61. The third kappa shape index (κ3) is 4.19. The molecule has 2 aromatic rings. The highest BCUT2D eigenvalue weighted by atomic mass is 16.5. The zero-order chi connectivity index (χ0) is 17.5. The third-order valence-electron chi connectivity index (χ3n) is 3.69. The third-order valence-corrected chi connectivity index (χ3v) is 3.69. The van der Waals surface area contributed by atoms with Crippen molar-refractivity contribution in [2.24, 2.45) is 0 Å². The van der Waals surface area contributed by atoms with Crippen molar-refractivity contribution in [3.63, 3.8) is 0 Å². The van der Waals surface area contributed by atoms with Crippen LogP contribution in [0.1, 0.15) is 19.4 Å². The van der Waals surface area contributed by atoms with Gasteiger partial charge in [-0.3, -0.25) is 4.79 Å². The first-order chi connectivity index (χ1) is 11.6. The number of hydrogen-bond donors (Lipinski definition) is 1. The molecule has 0 aromatic heterocycles. The van der Waals surface area contributed by atoms with Gasteiger partial charge in [0.25, 0.3) is 5.91 Å². The number of para-hydroxylation sites is 1. The van der Waals surface area contributed by atoms with E-state index in [1.807, 2.05) is 31.2 Å². The minimum Gasteiger partial charge on any atom is -0.497 e. The molecule has 0 saturated carbocycles. The van der Waals surface area contributed by atoms with Gasteiger partial charge in [-0.05, 0) is 37.1 Å². The van der Waals surface area contributed by atoms with E-state index in [0.717, 1.165) is 17.7 Å². The molecular formula is C19H23NO4. The van der Waals surface area contributed by atoms with Gasteiger partial charge in [-0.15, -0.1) is 0 Å². The van der Waals surface area contributed by atoms with Crippen LogP contribution in [0.3, 0.4) is 0 Å². The second-order valence-corrected chi connectivity index (χ2v) is 5.28. The molecule has 1 amide bonds. The summed E-state index contributed by atoms with van der Waals surface area (Å²) < 4.78 is 16.3. The van der Waals surface area contributed by atoms with Crippen LogP contribution in [0.5, 0.6) is 17.2 Å². The van der Waals surface area contributed by atoms with E-state index in [9.17, 15) is 4.79 Å². The van der Waals surface area contributed by atoms with E-state index in [1.54, 1.807) is 39.3 Å². The number of hydrogen-bond acceptors (Lipinski definition) is 4. The van der Waals surface area contributed by atoms with Crippen LogP contribution in [0.25, 0.3) is 0 Å². The van der Waals surface area contributed by atoms with Gasteiger partial charge in [-0.1, -0.05) is 25.1 Å². The van der Waals surface area contributed by atoms with Gasteiger partial charge in [-0.25, -0.2) is 0 Å². The van der Waals surface area contributed by atoms with Crippen molar-refractivity contribution >= 4 is 11.6 Å². The monoisotopic (exact) mass is 329 g/mol. The van der Waals surface area contributed by atoms with E-state index in [2.05, 4.69) is 5.32 Å². The summed E-state index contributed by atoms with van der Waals surface area (Å²) in [7, 11) is 3.12. The van der Waals surface area contributed by atoms with Crippen molar-refractivity contribution in [2.45, 2.75) is 26.4 Å². The van der Waals surface area contributed by atoms with Crippen LogP contribution in [0.2, 0.25) is 0 Å². The highest BCUT2D eigenvalue weighted by molar-refractivity contribution is 5.95. The normalized spacial score (nSPS) is 11.5. The molecule has 0 unspecified atom stereocenters. The van der Waals surface area contributed by atoms with Crippen molar-refractivity contribution in [1.29, 1.82) is 0 Å². The standard InChI is InChI=1S/C19H23NO4/c1-5-14-8-6-7-9-17(14)24-13(2)19(21)20-16-12-15(22-3)10-11-18(16)23-4/h6-13H,5H2,1-4H3,(H,20,21)/t13-/m1/s1. The Morgan fingerprint density at radius 1 is 1.08 bits per heavy atom. The van der Waals surface area contributed by atoms with Crippen LogP contribution in [0, 0.1) is 0 Å². The van der Waals surface area contributed by atoms with Crippen LogP contribution < -0.4 is 19.5 Å². The Morgan fingerprint density at radius 2 is 1.83 bits per heavy atom. The Kier molecular flexibility index (Phi) is 6.07. The van der Waals surface area contributed by atoms with Crippen molar-refractivity contribution < 1.29 is 19.0 Å². The number of amides is 1. The summed E-state index contributed by atoms with van der Waals surface area (Å²) in [6.45, 7) is 3.77. The summed E-state index contributed by atoms with van der Waals surface area (Å²) >= 11 is 0. The van der Waals surface area contributed by atoms with Gasteiger partial charge in [0.1, 0.15) is 17.2 Å². The minimum absolute atomic E-state index is 0.257. The first kappa shape index (κ1) is 17.7. The summed E-state index contributed by atoms with van der Waals surface area (Å²) in [6.07, 6.45) is 0.197. The summed E-state index contributed by atoms with van der Waals surface area (Å²) in [4.78, 5) is 12.5. The van der Waals surface area contributed by atoms with Crippen molar-refractivity contribution in [3.05, 3.63) is 48.0 Å². The topological polar surface area (TPSA) is 56.8 Å². The lowest BCUT2D eigenvalue weighted by molar-refractivity contribution is -0.122. The zero-order valence-corrected chi connectivity index (χ0v) is 14.5. The molecule has 1 N–H and O–H groups in total. The lowest BCUT2D eigenvalue weighted by Gasteiger charge is -2.18.